The van der Waals surface area contributed by atoms with E-state index >= 15 is 0 Å². The second-order valence-electron chi connectivity index (χ2n) is 11.2. The Morgan fingerprint density at radius 3 is 1.93 bits per heavy atom. The van der Waals surface area contributed by atoms with Crippen LogP contribution in [-0.2, 0) is 32.6 Å². The number of carbonyl (C=O) groups is 2. The van der Waals surface area contributed by atoms with Crippen molar-refractivity contribution in [2.45, 2.75) is 44.7 Å². The summed E-state index contributed by atoms with van der Waals surface area (Å²) < 4.78 is 29.2. The fourth-order valence-electron chi connectivity index (χ4n) is 4.73. The molecule has 7 nitrogen and oxygen atoms in total. The zero-order chi connectivity index (χ0) is 31.7. The van der Waals surface area contributed by atoms with Gasteiger partial charge in [0.05, 0.1) is 10.6 Å². The highest BCUT2D eigenvalue weighted by atomic mass is 35.5. The summed E-state index contributed by atoms with van der Waals surface area (Å²) in [7, 11) is -4.18. The minimum atomic E-state index is -4.18. The molecule has 0 aromatic heterocycles. The van der Waals surface area contributed by atoms with E-state index in [-0.39, 0.29) is 29.7 Å². The number of anilines is 1. The summed E-state index contributed by atoms with van der Waals surface area (Å²) in [5.41, 5.74) is 2.98. The van der Waals surface area contributed by atoms with Gasteiger partial charge in [0.25, 0.3) is 10.0 Å². The minimum absolute atomic E-state index is 0.000367. The number of amides is 2. The molecule has 2 amide bonds. The number of aryl methyl sites for hydroxylation is 1. The molecule has 0 bridgehead atoms. The Bertz CT molecular complexity index is 1630. The molecule has 0 saturated heterocycles. The van der Waals surface area contributed by atoms with Crippen LogP contribution in [0.15, 0.2) is 114 Å². The Morgan fingerprint density at radius 2 is 1.36 bits per heavy atom. The monoisotopic (exact) mass is 631 g/mol. The van der Waals surface area contributed by atoms with Crippen molar-refractivity contribution in [1.82, 2.24) is 10.2 Å². The highest BCUT2D eigenvalue weighted by molar-refractivity contribution is 7.92. The van der Waals surface area contributed by atoms with E-state index < -0.39 is 28.5 Å². The van der Waals surface area contributed by atoms with Crippen LogP contribution in [0.3, 0.4) is 0 Å². The van der Waals surface area contributed by atoms with Gasteiger partial charge < -0.3 is 10.2 Å². The molecule has 0 saturated carbocycles. The number of hydrogen-bond donors (Lipinski definition) is 1. The molecule has 230 valence electrons. The van der Waals surface area contributed by atoms with Crippen LogP contribution in [0.4, 0.5) is 5.69 Å². The van der Waals surface area contributed by atoms with E-state index in [9.17, 15) is 18.0 Å². The molecule has 0 fully saturated rings. The third kappa shape index (κ3) is 8.71. The van der Waals surface area contributed by atoms with Gasteiger partial charge in [-0.3, -0.25) is 13.9 Å². The molecular weight excluding hydrogens is 594 g/mol. The Hall–Kier alpha value is -4.14. The Balaban J connectivity index is 1.78. The lowest BCUT2D eigenvalue weighted by Crippen LogP contribution is -2.53. The Morgan fingerprint density at radius 1 is 0.795 bits per heavy atom. The SMILES string of the molecule is Cc1ccc(N(CC(=O)N(Cc2ccccc2)[C@@H](Cc2ccccc2)C(=O)NCC(C)C)S(=O)(=O)c2ccc(Cl)cc2)cc1. The average molecular weight is 632 g/mol. The average Bonchev–Trinajstić information content (AvgIpc) is 3.02. The normalized spacial score (nSPS) is 12.0. The topological polar surface area (TPSA) is 86.8 Å². The summed E-state index contributed by atoms with van der Waals surface area (Å²) in [4.78, 5) is 29.7. The summed E-state index contributed by atoms with van der Waals surface area (Å²) >= 11 is 6.05. The summed E-state index contributed by atoms with van der Waals surface area (Å²) in [6.45, 7) is 5.95. The van der Waals surface area contributed by atoms with E-state index in [1.54, 1.807) is 24.3 Å². The van der Waals surface area contributed by atoms with Crippen molar-refractivity contribution in [3.8, 4) is 0 Å². The third-order valence-electron chi connectivity index (χ3n) is 7.15. The van der Waals surface area contributed by atoms with Gasteiger partial charge in [0.2, 0.25) is 11.8 Å². The molecule has 4 aromatic carbocycles. The number of sulfonamides is 1. The molecule has 4 aromatic rings. The number of nitrogens with one attached hydrogen (secondary N) is 1. The van der Waals surface area contributed by atoms with Crippen LogP contribution >= 0.6 is 11.6 Å². The van der Waals surface area contributed by atoms with E-state index in [0.29, 0.717) is 17.3 Å². The van der Waals surface area contributed by atoms with Crippen LogP contribution in [0.25, 0.3) is 0 Å². The van der Waals surface area contributed by atoms with Gasteiger partial charge in [-0.15, -0.1) is 0 Å². The lowest BCUT2D eigenvalue weighted by Gasteiger charge is -2.34. The maximum Gasteiger partial charge on any atom is 0.264 e. The fourth-order valence-corrected chi connectivity index (χ4v) is 6.27. The molecule has 0 unspecified atom stereocenters. The zero-order valence-corrected chi connectivity index (χ0v) is 26.8. The van der Waals surface area contributed by atoms with Crippen LogP contribution in [0, 0.1) is 12.8 Å². The third-order valence-corrected chi connectivity index (χ3v) is 9.19. The number of benzene rings is 4. The predicted octanol–water partition coefficient (Wildman–Crippen LogP) is 6.26. The van der Waals surface area contributed by atoms with Crippen LogP contribution < -0.4 is 9.62 Å². The smallest absolute Gasteiger partial charge is 0.264 e. The molecule has 4 rings (SSSR count). The van der Waals surface area contributed by atoms with Gasteiger partial charge >= 0.3 is 0 Å². The van der Waals surface area contributed by atoms with Crippen molar-refractivity contribution in [1.29, 1.82) is 0 Å². The quantitative estimate of drug-likeness (QED) is 0.189. The van der Waals surface area contributed by atoms with Crippen molar-refractivity contribution in [2.75, 3.05) is 17.4 Å². The van der Waals surface area contributed by atoms with Crippen LogP contribution in [0.2, 0.25) is 5.02 Å². The minimum Gasteiger partial charge on any atom is -0.354 e. The first-order valence-electron chi connectivity index (χ1n) is 14.5. The van der Waals surface area contributed by atoms with Crippen molar-refractivity contribution >= 4 is 39.1 Å². The fraction of sp³-hybridized carbons (Fsp3) is 0.257. The number of rotatable bonds is 13. The molecular formula is C35H38ClN3O4S. The van der Waals surface area contributed by atoms with Gasteiger partial charge in [-0.2, -0.15) is 0 Å². The largest absolute Gasteiger partial charge is 0.354 e. The molecule has 0 aliphatic heterocycles. The molecule has 0 heterocycles. The van der Waals surface area contributed by atoms with Gasteiger partial charge in [0, 0.05) is 24.5 Å². The number of nitrogens with zero attached hydrogens (tertiary/aromatic N) is 2. The number of carbonyl (C=O) groups excluding carboxylic acids is 2. The zero-order valence-electron chi connectivity index (χ0n) is 25.2. The van der Waals surface area contributed by atoms with Crippen molar-refractivity contribution in [3.05, 3.63) is 131 Å². The maximum absolute atomic E-state index is 14.4. The number of hydrogen-bond acceptors (Lipinski definition) is 4. The first kappa shape index (κ1) is 32.8. The highest BCUT2D eigenvalue weighted by Gasteiger charge is 2.34. The first-order valence-corrected chi connectivity index (χ1v) is 16.4. The van der Waals surface area contributed by atoms with Gasteiger partial charge in [-0.05, 0) is 60.4 Å². The van der Waals surface area contributed by atoms with Crippen LogP contribution in [0.1, 0.15) is 30.5 Å². The van der Waals surface area contributed by atoms with Crippen LogP contribution in [0.5, 0.6) is 0 Å². The van der Waals surface area contributed by atoms with Gasteiger partial charge in [-0.1, -0.05) is 104 Å². The molecule has 0 spiro atoms. The van der Waals surface area contributed by atoms with E-state index in [2.05, 4.69) is 5.32 Å². The summed E-state index contributed by atoms with van der Waals surface area (Å²) in [6, 6.07) is 30.8. The lowest BCUT2D eigenvalue weighted by molar-refractivity contribution is -0.140. The maximum atomic E-state index is 14.4. The number of halogens is 1. The van der Waals surface area contributed by atoms with E-state index in [1.807, 2.05) is 81.4 Å². The van der Waals surface area contributed by atoms with Gasteiger partial charge in [0.15, 0.2) is 0 Å². The second-order valence-corrected chi connectivity index (χ2v) is 13.5. The molecule has 0 aliphatic rings. The summed E-state index contributed by atoms with van der Waals surface area (Å²) in [5.74, 6) is -0.599. The van der Waals surface area contributed by atoms with Crippen molar-refractivity contribution in [3.63, 3.8) is 0 Å². The Kier molecular flexibility index (Phi) is 11.2. The van der Waals surface area contributed by atoms with Crippen LogP contribution in [-0.4, -0.2) is 44.3 Å². The molecule has 44 heavy (non-hydrogen) atoms. The summed E-state index contributed by atoms with van der Waals surface area (Å²) in [6.07, 6.45) is 0.262. The first-order chi connectivity index (χ1) is 21.0. The van der Waals surface area contributed by atoms with E-state index in [0.717, 1.165) is 21.0 Å². The standard InChI is InChI=1S/C35H38ClN3O4S/c1-26(2)23-37-35(41)33(22-28-10-6-4-7-11-28)38(24-29-12-8-5-9-13-29)34(40)25-39(31-18-14-27(3)15-19-31)44(42,43)32-20-16-30(36)17-21-32/h4-21,26,33H,22-25H2,1-3H3,(H,37,41)/t33-/m0/s1. The molecule has 9 heteroatoms. The predicted molar refractivity (Wildman–Crippen MR) is 176 cm³/mol. The van der Waals surface area contributed by atoms with E-state index in [1.165, 1.54) is 29.2 Å². The molecule has 1 N–H and O–H groups in total. The molecule has 1 atom stereocenters. The van der Waals surface area contributed by atoms with Gasteiger partial charge in [-0.25, -0.2) is 8.42 Å². The highest BCUT2D eigenvalue weighted by Crippen LogP contribution is 2.26. The Labute approximate surface area is 265 Å². The molecule has 0 radical (unpaired) electrons. The van der Waals surface area contributed by atoms with E-state index in [4.69, 9.17) is 11.6 Å². The van der Waals surface area contributed by atoms with Crippen molar-refractivity contribution < 1.29 is 18.0 Å². The summed E-state index contributed by atoms with van der Waals surface area (Å²) in [5, 5.41) is 3.39. The van der Waals surface area contributed by atoms with Crippen molar-refractivity contribution in [2.24, 2.45) is 5.92 Å². The van der Waals surface area contributed by atoms with Gasteiger partial charge in [0.1, 0.15) is 12.6 Å². The molecule has 0 aliphatic carbocycles. The lowest BCUT2D eigenvalue weighted by atomic mass is 10.0. The second kappa shape index (κ2) is 15.0.